The Labute approximate surface area is 161 Å². The number of alkyl halides is 3. The van der Waals surface area contributed by atoms with Gasteiger partial charge in [-0.3, -0.25) is 9.78 Å². The maximum absolute atomic E-state index is 13.0. The van der Waals surface area contributed by atoms with Crippen molar-refractivity contribution in [2.45, 2.75) is 37.3 Å². The minimum atomic E-state index is -4.43. The topological polar surface area (TPSA) is 59.2 Å². The van der Waals surface area contributed by atoms with Gasteiger partial charge in [0, 0.05) is 19.3 Å². The number of carbonyl (C=O) groups excluding carboxylic acids is 1. The monoisotopic (exact) mass is 389 g/mol. The van der Waals surface area contributed by atoms with E-state index in [1.807, 2.05) is 17.0 Å². The Morgan fingerprint density at radius 2 is 1.86 bits per heavy atom. The second-order valence-electron chi connectivity index (χ2n) is 7.75. The number of nitrogens with zero attached hydrogens (tertiary/aromatic N) is 2. The molecule has 2 N–H and O–H groups in total. The molecule has 4 nitrogen and oxygen atoms in total. The molecule has 7 heteroatoms. The van der Waals surface area contributed by atoms with Gasteiger partial charge in [0.25, 0.3) is 0 Å². The maximum atomic E-state index is 13.0. The Morgan fingerprint density at radius 1 is 1.14 bits per heavy atom. The first kappa shape index (κ1) is 18.8. The molecule has 1 aromatic heterocycles. The van der Waals surface area contributed by atoms with Crippen molar-refractivity contribution in [3.05, 3.63) is 59.4 Å². The summed E-state index contributed by atoms with van der Waals surface area (Å²) in [5.41, 5.74) is 7.53. The van der Waals surface area contributed by atoms with E-state index in [2.05, 4.69) is 17.1 Å². The van der Waals surface area contributed by atoms with E-state index in [9.17, 15) is 18.0 Å². The fourth-order valence-electron chi connectivity index (χ4n) is 4.11. The number of halogens is 3. The second kappa shape index (κ2) is 7.11. The largest absolute Gasteiger partial charge is 0.417 e. The quantitative estimate of drug-likeness (QED) is 0.839. The minimum absolute atomic E-state index is 0.0428. The Balaban J connectivity index is 1.52. The van der Waals surface area contributed by atoms with Crippen LogP contribution in [0.1, 0.15) is 47.8 Å². The lowest BCUT2D eigenvalue weighted by Crippen LogP contribution is -2.30. The van der Waals surface area contributed by atoms with E-state index in [0.29, 0.717) is 31.1 Å². The molecule has 0 radical (unpaired) electrons. The first-order valence-corrected chi connectivity index (χ1v) is 9.49. The van der Waals surface area contributed by atoms with E-state index in [-0.39, 0.29) is 5.92 Å². The van der Waals surface area contributed by atoms with Crippen LogP contribution in [0.4, 0.5) is 18.9 Å². The number of aromatic nitrogens is 1. The fraction of sp³-hybridized carbons (Fsp3) is 0.429. The van der Waals surface area contributed by atoms with Gasteiger partial charge in [0.05, 0.1) is 23.4 Å². The molecular formula is C21H22F3N3O. The van der Waals surface area contributed by atoms with Crippen LogP contribution < -0.4 is 10.6 Å². The summed E-state index contributed by atoms with van der Waals surface area (Å²) in [4.78, 5) is 17.8. The summed E-state index contributed by atoms with van der Waals surface area (Å²) in [5.74, 6) is -0.250. The van der Waals surface area contributed by atoms with Crippen molar-refractivity contribution in [2.75, 3.05) is 18.0 Å². The third-order valence-corrected chi connectivity index (χ3v) is 5.76. The number of primary amides is 1. The minimum Gasteiger partial charge on any atom is -0.370 e. The molecule has 2 aromatic rings. The highest BCUT2D eigenvalue weighted by atomic mass is 19.4. The highest BCUT2D eigenvalue weighted by Gasteiger charge is 2.36. The summed E-state index contributed by atoms with van der Waals surface area (Å²) < 4.78 is 38.9. The molecule has 2 fully saturated rings. The Kier molecular flexibility index (Phi) is 4.77. The number of carbonyl (C=O) groups is 1. The van der Waals surface area contributed by atoms with Crippen molar-refractivity contribution in [1.82, 2.24) is 4.98 Å². The maximum Gasteiger partial charge on any atom is 0.417 e. The fourth-order valence-corrected chi connectivity index (χ4v) is 4.11. The number of hydrogen-bond donors (Lipinski definition) is 1. The Bertz CT molecular complexity index is 862. The van der Waals surface area contributed by atoms with Crippen LogP contribution in [-0.4, -0.2) is 24.0 Å². The lowest BCUT2D eigenvalue weighted by molar-refractivity contribution is -0.137. The third-order valence-electron chi connectivity index (χ3n) is 5.76. The lowest BCUT2D eigenvalue weighted by Gasteiger charge is -2.23. The molecule has 2 atom stereocenters. The average Bonchev–Trinajstić information content (AvgIpc) is 3.40. The van der Waals surface area contributed by atoms with Gasteiger partial charge in [-0.1, -0.05) is 24.3 Å². The van der Waals surface area contributed by atoms with E-state index in [1.54, 1.807) is 0 Å². The first-order valence-electron chi connectivity index (χ1n) is 9.49. The number of benzene rings is 1. The molecule has 1 aliphatic carbocycles. The Hall–Kier alpha value is -2.57. The SMILES string of the molecule is NC(=O)[C@@H](c1ccc(C2CC2)cc1)[C@H]1CCN(c2cncc(C(F)(F)F)c2)C1. The highest BCUT2D eigenvalue weighted by Crippen LogP contribution is 2.41. The summed E-state index contributed by atoms with van der Waals surface area (Å²) in [6.45, 7) is 1.04. The predicted molar refractivity (Wildman–Crippen MR) is 99.9 cm³/mol. The smallest absolute Gasteiger partial charge is 0.370 e. The van der Waals surface area contributed by atoms with E-state index in [0.717, 1.165) is 17.8 Å². The summed E-state index contributed by atoms with van der Waals surface area (Å²) in [5, 5.41) is 0. The van der Waals surface area contributed by atoms with Gasteiger partial charge in [0.15, 0.2) is 0 Å². The highest BCUT2D eigenvalue weighted by molar-refractivity contribution is 5.82. The van der Waals surface area contributed by atoms with E-state index >= 15 is 0 Å². The van der Waals surface area contributed by atoms with Crippen molar-refractivity contribution < 1.29 is 18.0 Å². The second-order valence-corrected chi connectivity index (χ2v) is 7.75. The van der Waals surface area contributed by atoms with Crippen LogP contribution in [0.15, 0.2) is 42.7 Å². The number of anilines is 1. The molecule has 0 spiro atoms. The summed E-state index contributed by atoms with van der Waals surface area (Å²) >= 11 is 0. The van der Waals surface area contributed by atoms with Crippen molar-refractivity contribution in [1.29, 1.82) is 0 Å². The number of pyridine rings is 1. The molecule has 0 bridgehead atoms. The molecule has 1 aliphatic heterocycles. The summed E-state index contributed by atoms with van der Waals surface area (Å²) in [7, 11) is 0. The molecular weight excluding hydrogens is 367 g/mol. The van der Waals surface area contributed by atoms with Crippen LogP contribution in [0.3, 0.4) is 0 Å². The molecule has 148 valence electrons. The van der Waals surface area contributed by atoms with Crippen molar-refractivity contribution in [2.24, 2.45) is 11.7 Å². The zero-order valence-electron chi connectivity index (χ0n) is 15.3. The first-order chi connectivity index (χ1) is 13.3. The van der Waals surface area contributed by atoms with Gasteiger partial charge in [-0.2, -0.15) is 13.2 Å². The van der Waals surface area contributed by atoms with Gasteiger partial charge in [0.1, 0.15) is 0 Å². The Morgan fingerprint density at radius 3 is 2.46 bits per heavy atom. The average molecular weight is 389 g/mol. The van der Waals surface area contributed by atoms with Crippen molar-refractivity contribution in [3.63, 3.8) is 0 Å². The molecule has 2 aliphatic rings. The van der Waals surface area contributed by atoms with Crippen LogP contribution in [0, 0.1) is 5.92 Å². The molecule has 2 heterocycles. The number of amides is 1. The van der Waals surface area contributed by atoms with Crippen molar-refractivity contribution in [3.8, 4) is 0 Å². The van der Waals surface area contributed by atoms with E-state index in [1.165, 1.54) is 24.6 Å². The van der Waals surface area contributed by atoms with Gasteiger partial charge in [-0.05, 0) is 48.3 Å². The standard InChI is InChI=1S/C21H22F3N3O/c22-21(23,24)17-9-18(11-26-10-17)27-8-7-16(12-27)19(20(25)28)15-5-3-14(4-6-15)13-1-2-13/h3-6,9-11,13,16,19H,1-2,7-8,12H2,(H2,25,28)/t16-,19-/m0/s1. The lowest BCUT2D eigenvalue weighted by atomic mass is 9.84. The van der Waals surface area contributed by atoms with Gasteiger partial charge in [0.2, 0.25) is 5.91 Å². The molecule has 1 amide bonds. The van der Waals surface area contributed by atoms with Gasteiger partial charge in [-0.25, -0.2) is 0 Å². The van der Waals surface area contributed by atoms with Crippen LogP contribution in [0.2, 0.25) is 0 Å². The molecule has 1 saturated carbocycles. The molecule has 1 saturated heterocycles. The van der Waals surface area contributed by atoms with Crippen LogP contribution in [0.5, 0.6) is 0 Å². The molecule has 28 heavy (non-hydrogen) atoms. The summed E-state index contributed by atoms with van der Waals surface area (Å²) in [6.07, 6.45) is 0.934. The normalized spacial score (nSPS) is 21.0. The van der Waals surface area contributed by atoms with Crippen LogP contribution in [-0.2, 0) is 11.0 Å². The van der Waals surface area contributed by atoms with Crippen LogP contribution >= 0.6 is 0 Å². The van der Waals surface area contributed by atoms with Crippen molar-refractivity contribution >= 4 is 11.6 Å². The molecule has 0 unspecified atom stereocenters. The van der Waals surface area contributed by atoms with Crippen LogP contribution in [0.25, 0.3) is 0 Å². The molecule has 1 aromatic carbocycles. The summed E-state index contributed by atoms with van der Waals surface area (Å²) in [6, 6.07) is 9.17. The zero-order chi connectivity index (χ0) is 19.9. The van der Waals surface area contributed by atoms with E-state index in [4.69, 9.17) is 5.73 Å². The number of nitrogens with two attached hydrogens (primary N) is 1. The van der Waals surface area contributed by atoms with Gasteiger partial charge < -0.3 is 10.6 Å². The molecule has 4 rings (SSSR count). The predicted octanol–water partition coefficient (Wildman–Crippen LogP) is 4.07. The number of hydrogen-bond acceptors (Lipinski definition) is 3. The van der Waals surface area contributed by atoms with Gasteiger partial charge in [-0.15, -0.1) is 0 Å². The third kappa shape index (κ3) is 3.84. The number of rotatable bonds is 5. The van der Waals surface area contributed by atoms with Gasteiger partial charge >= 0.3 is 6.18 Å². The van der Waals surface area contributed by atoms with E-state index < -0.39 is 23.6 Å². The zero-order valence-corrected chi connectivity index (χ0v) is 15.3.